The lowest BCUT2D eigenvalue weighted by Gasteiger charge is -2.39. The molecule has 170 valence electrons. The first-order valence-electron chi connectivity index (χ1n) is 11.3. The molecular weight excluding hydrogens is 404 g/mol. The van der Waals surface area contributed by atoms with Gasteiger partial charge in [0.25, 0.3) is 0 Å². The summed E-state index contributed by atoms with van der Waals surface area (Å²) in [7, 11) is -2.00. The van der Waals surface area contributed by atoms with E-state index < -0.39 is 14.3 Å². The second-order valence-corrected chi connectivity index (χ2v) is 14.8. The number of aliphatic carboxylic acids is 1. The van der Waals surface area contributed by atoms with Gasteiger partial charge in [-0.05, 0) is 43.0 Å². The molecule has 2 rings (SSSR count). The number of rotatable bonds is 10. The average molecular weight is 443 g/mol. The molecule has 0 saturated heterocycles. The number of carbonyl (C=O) groups excluding carboxylic acids is 1. The van der Waals surface area contributed by atoms with Crippen LogP contribution in [0.25, 0.3) is 6.08 Å². The number of carbonyl (C=O) groups is 2. The van der Waals surface area contributed by atoms with Crippen molar-refractivity contribution in [3.63, 3.8) is 0 Å². The first-order valence-corrected chi connectivity index (χ1v) is 14.2. The van der Waals surface area contributed by atoms with Gasteiger partial charge < -0.3 is 9.53 Å². The van der Waals surface area contributed by atoms with Gasteiger partial charge in [0.1, 0.15) is 5.78 Å². The zero-order valence-electron chi connectivity index (χ0n) is 19.6. The number of hydrogen-bond donors (Lipinski definition) is 1. The predicted octanol–water partition coefficient (Wildman–Crippen LogP) is 6.50. The number of hydrogen-bond acceptors (Lipinski definition) is 3. The van der Waals surface area contributed by atoms with Crippen LogP contribution in [0, 0.1) is 11.8 Å². The van der Waals surface area contributed by atoms with Crippen LogP contribution in [0.2, 0.25) is 18.1 Å². The van der Waals surface area contributed by atoms with Gasteiger partial charge in [-0.25, -0.2) is 0 Å². The number of allylic oxidation sites excluding steroid dienone is 2. The molecule has 0 spiro atoms. The third-order valence-electron chi connectivity index (χ3n) is 6.59. The molecule has 1 aliphatic rings. The lowest BCUT2D eigenvalue weighted by atomic mass is 9.90. The minimum absolute atomic E-state index is 0.0468. The van der Waals surface area contributed by atoms with Gasteiger partial charge in [0.05, 0.1) is 6.10 Å². The summed E-state index contributed by atoms with van der Waals surface area (Å²) in [5.74, 6) is -0.548. The van der Waals surface area contributed by atoms with Crippen molar-refractivity contribution in [3.8, 4) is 0 Å². The summed E-state index contributed by atoms with van der Waals surface area (Å²) in [6.07, 6.45) is 10.9. The van der Waals surface area contributed by atoms with Gasteiger partial charge in [-0.15, -0.1) is 0 Å². The number of carboxylic acid groups (broad SMARTS) is 1. The van der Waals surface area contributed by atoms with Gasteiger partial charge in [0.2, 0.25) is 0 Å². The van der Waals surface area contributed by atoms with Crippen LogP contribution in [0.3, 0.4) is 0 Å². The van der Waals surface area contributed by atoms with Crippen molar-refractivity contribution in [3.05, 3.63) is 54.1 Å². The van der Waals surface area contributed by atoms with Crippen molar-refractivity contribution >= 4 is 26.1 Å². The topological polar surface area (TPSA) is 63.6 Å². The molecule has 1 fully saturated rings. The molecule has 0 bridgehead atoms. The number of carboxylic acids is 1. The maximum Gasteiger partial charge on any atom is 0.303 e. The summed E-state index contributed by atoms with van der Waals surface area (Å²) in [4.78, 5) is 23.6. The lowest BCUT2D eigenvalue weighted by molar-refractivity contribution is -0.137. The Kier molecular flexibility index (Phi) is 9.01. The van der Waals surface area contributed by atoms with E-state index in [0.29, 0.717) is 19.3 Å². The molecule has 1 saturated carbocycles. The molecule has 1 aromatic carbocycles. The van der Waals surface area contributed by atoms with Gasteiger partial charge in [-0.2, -0.15) is 0 Å². The monoisotopic (exact) mass is 442 g/mol. The second kappa shape index (κ2) is 11.1. The van der Waals surface area contributed by atoms with E-state index in [-0.39, 0.29) is 35.2 Å². The molecule has 1 unspecified atom stereocenters. The van der Waals surface area contributed by atoms with E-state index in [1.54, 1.807) is 0 Å². The zero-order chi connectivity index (χ0) is 23.1. The highest BCUT2D eigenvalue weighted by atomic mass is 28.4. The van der Waals surface area contributed by atoms with Gasteiger partial charge in [-0.3, -0.25) is 9.59 Å². The molecule has 0 aromatic heterocycles. The Labute approximate surface area is 188 Å². The maximum absolute atomic E-state index is 12.9. The largest absolute Gasteiger partial charge is 0.481 e. The minimum Gasteiger partial charge on any atom is -0.481 e. The third-order valence-corrected chi connectivity index (χ3v) is 11.1. The Morgan fingerprint density at radius 2 is 1.87 bits per heavy atom. The molecule has 4 nitrogen and oxygen atoms in total. The Morgan fingerprint density at radius 3 is 2.48 bits per heavy atom. The summed E-state index contributed by atoms with van der Waals surface area (Å²) < 4.78 is 6.71. The summed E-state index contributed by atoms with van der Waals surface area (Å²) in [5.41, 5.74) is 1.12. The fraction of sp³-hybridized carbons (Fsp3) is 0.538. The fourth-order valence-corrected chi connectivity index (χ4v) is 5.05. The van der Waals surface area contributed by atoms with Crippen LogP contribution in [0.5, 0.6) is 0 Å². The molecule has 0 heterocycles. The van der Waals surface area contributed by atoms with Crippen molar-refractivity contribution < 1.29 is 19.1 Å². The highest BCUT2D eigenvalue weighted by molar-refractivity contribution is 6.74. The minimum atomic E-state index is -2.00. The summed E-state index contributed by atoms with van der Waals surface area (Å²) >= 11 is 0. The van der Waals surface area contributed by atoms with Crippen molar-refractivity contribution in [2.45, 2.75) is 77.1 Å². The van der Waals surface area contributed by atoms with E-state index in [9.17, 15) is 9.59 Å². The van der Waals surface area contributed by atoms with E-state index in [0.717, 1.165) is 12.0 Å². The number of Topliss-reactive ketones (excluding diaryl/α,β-unsaturated/α-hetero) is 1. The number of benzene rings is 1. The number of unbranched alkanes of at least 4 members (excludes halogenated alkanes) is 1. The smallest absolute Gasteiger partial charge is 0.303 e. The fourth-order valence-electron chi connectivity index (χ4n) is 3.70. The van der Waals surface area contributed by atoms with Gasteiger partial charge in [-0.1, -0.05) is 75.4 Å². The SMILES string of the molecule is CC(C)(C)[Si](C)(C)O[C@@H]1CC(=O)C(C/C=C\CCCC(=O)O)[C@H]1C=Cc1ccccc1. The van der Waals surface area contributed by atoms with Crippen LogP contribution in [-0.4, -0.2) is 31.3 Å². The van der Waals surface area contributed by atoms with E-state index in [4.69, 9.17) is 9.53 Å². The molecule has 0 amide bonds. The third kappa shape index (κ3) is 7.58. The van der Waals surface area contributed by atoms with Crippen molar-refractivity contribution in [1.29, 1.82) is 0 Å². The Morgan fingerprint density at radius 1 is 1.19 bits per heavy atom. The van der Waals surface area contributed by atoms with Gasteiger partial charge in [0, 0.05) is 24.7 Å². The van der Waals surface area contributed by atoms with E-state index in [1.807, 2.05) is 30.4 Å². The Hall–Kier alpha value is -1.98. The molecule has 1 aromatic rings. The summed E-state index contributed by atoms with van der Waals surface area (Å²) in [5, 5.41) is 8.85. The van der Waals surface area contributed by atoms with Crippen molar-refractivity contribution in [2.24, 2.45) is 11.8 Å². The second-order valence-electron chi connectivity index (χ2n) is 10.0. The summed E-state index contributed by atoms with van der Waals surface area (Å²) in [6, 6.07) is 10.2. The first-order chi connectivity index (χ1) is 14.5. The van der Waals surface area contributed by atoms with Crippen LogP contribution in [-0.2, 0) is 14.0 Å². The highest BCUT2D eigenvalue weighted by Gasteiger charge is 2.46. The molecule has 0 radical (unpaired) electrons. The normalized spacial score (nSPS) is 22.6. The predicted molar refractivity (Wildman–Crippen MR) is 129 cm³/mol. The average Bonchev–Trinajstić information content (AvgIpc) is 2.96. The van der Waals surface area contributed by atoms with E-state index in [1.165, 1.54) is 0 Å². The quantitative estimate of drug-likeness (QED) is 0.255. The highest BCUT2D eigenvalue weighted by Crippen LogP contribution is 2.43. The van der Waals surface area contributed by atoms with Crippen LogP contribution in [0.1, 0.15) is 58.4 Å². The van der Waals surface area contributed by atoms with Gasteiger partial charge in [0.15, 0.2) is 8.32 Å². The Bertz CT molecular complexity index is 789. The van der Waals surface area contributed by atoms with Crippen molar-refractivity contribution in [2.75, 3.05) is 0 Å². The lowest BCUT2D eigenvalue weighted by Crippen LogP contribution is -2.45. The Balaban J connectivity index is 2.15. The molecule has 5 heteroatoms. The summed E-state index contributed by atoms with van der Waals surface area (Å²) in [6.45, 7) is 11.2. The van der Waals surface area contributed by atoms with Crippen LogP contribution < -0.4 is 0 Å². The molecule has 3 atom stereocenters. The molecule has 1 N–H and O–H groups in total. The van der Waals surface area contributed by atoms with Crippen LogP contribution >= 0.6 is 0 Å². The molecule has 0 aliphatic heterocycles. The first kappa shape index (κ1) is 25.3. The number of ketones is 1. The zero-order valence-corrected chi connectivity index (χ0v) is 20.6. The molecule has 1 aliphatic carbocycles. The van der Waals surface area contributed by atoms with Gasteiger partial charge >= 0.3 is 5.97 Å². The standard InChI is InChI=1S/C26H38O4Si/c1-26(2,3)31(4,5)30-24-19-23(27)21(15-11-6-7-12-16-25(28)29)22(24)18-17-20-13-9-8-10-14-20/h6,8-11,13-14,17-18,21-22,24H,7,12,15-16,19H2,1-5H3,(H,28,29)/b11-6-,18-17?/t21?,22-,24-/m1/s1. The molecular formula is C26H38O4Si. The van der Waals surface area contributed by atoms with Crippen LogP contribution in [0.4, 0.5) is 0 Å². The van der Waals surface area contributed by atoms with E-state index in [2.05, 4.69) is 58.2 Å². The van der Waals surface area contributed by atoms with Crippen LogP contribution in [0.15, 0.2) is 48.6 Å². The maximum atomic E-state index is 12.9. The van der Waals surface area contributed by atoms with Crippen molar-refractivity contribution in [1.82, 2.24) is 0 Å². The van der Waals surface area contributed by atoms with E-state index >= 15 is 0 Å². The molecule has 31 heavy (non-hydrogen) atoms.